The van der Waals surface area contributed by atoms with Crippen molar-refractivity contribution in [2.75, 3.05) is 11.9 Å². The maximum Gasteiger partial charge on any atom is 0.335 e. The van der Waals surface area contributed by atoms with Gasteiger partial charge in [-0.2, -0.15) is 0 Å². The van der Waals surface area contributed by atoms with Crippen LogP contribution in [0.5, 0.6) is 0 Å². The van der Waals surface area contributed by atoms with Gasteiger partial charge in [-0.1, -0.05) is 12.1 Å². The Balaban J connectivity index is 1.92. The van der Waals surface area contributed by atoms with Gasteiger partial charge in [0.2, 0.25) is 0 Å². The summed E-state index contributed by atoms with van der Waals surface area (Å²) >= 11 is 1.62. The molecule has 5 heteroatoms. The lowest BCUT2D eigenvalue weighted by Gasteiger charge is -2.00. The number of aryl methyl sites for hydroxylation is 2. The van der Waals surface area contributed by atoms with Gasteiger partial charge in [-0.3, -0.25) is 0 Å². The van der Waals surface area contributed by atoms with Crippen LogP contribution in [-0.2, 0) is 12.8 Å². The Kier molecular flexibility index (Phi) is 4.52. The van der Waals surface area contributed by atoms with Crippen LogP contribution in [-0.4, -0.2) is 22.6 Å². The zero-order valence-corrected chi connectivity index (χ0v) is 11.5. The van der Waals surface area contributed by atoms with E-state index in [9.17, 15) is 4.79 Å². The first-order chi connectivity index (χ1) is 9.19. The van der Waals surface area contributed by atoms with E-state index in [0.29, 0.717) is 5.56 Å². The highest BCUT2D eigenvalue weighted by atomic mass is 32.1. The molecule has 19 heavy (non-hydrogen) atoms. The van der Waals surface area contributed by atoms with Crippen LogP contribution < -0.4 is 5.32 Å². The molecule has 2 rings (SSSR count). The molecule has 100 valence electrons. The Bertz CT molecular complexity index is 549. The van der Waals surface area contributed by atoms with Crippen molar-refractivity contribution in [2.24, 2.45) is 0 Å². The van der Waals surface area contributed by atoms with Gasteiger partial charge < -0.3 is 10.4 Å². The lowest BCUT2D eigenvalue weighted by Crippen LogP contribution is -1.98. The zero-order valence-electron chi connectivity index (χ0n) is 10.7. The third kappa shape index (κ3) is 3.79. The predicted octanol–water partition coefficient (Wildman–Crippen LogP) is 3.06. The van der Waals surface area contributed by atoms with E-state index in [2.05, 4.69) is 15.7 Å². The van der Waals surface area contributed by atoms with Gasteiger partial charge in [-0.05, 0) is 37.5 Å². The highest BCUT2D eigenvalue weighted by Gasteiger charge is 2.04. The minimum atomic E-state index is -0.888. The van der Waals surface area contributed by atoms with Gasteiger partial charge in [0.25, 0.3) is 0 Å². The lowest BCUT2D eigenvalue weighted by molar-refractivity contribution is 0.0697. The van der Waals surface area contributed by atoms with Gasteiger partial charge in [0.05, 0.1) is 11.3 Å². The van der Waals surface area contributed by atoms with Crippen LogP contribution in [0.15, 0.2) is 29.6 Å². The van der Waals surface area contributed by atoms with Gasteiger partial charge >= 0.3 is 5.97 Å². The molecule has 1 heterocycles. The van der Waals surface area contributed by atoms with Crippen molar-refractivity contribution >= 4 is 22.4 Å². The summed E-state index contributed by atoms with van der Waals surface area (Å²) in [6, 6.07) is 7.01. The fraction of sp³-hybridized carbons (Fsp3) is 0.286. The van der Waals surface area contributed by atoms with E-state index < -0.39 is 5.97 Å². The summed E-state index contributed by atoms with van der Waals surface area (Å²) in [5.41, 5.74) is 2.53. The molecule has 4 nitrogen and oxygen atoms in total. The van der Waals surface area contributed by atoms with Gasteiger partial charge in [0.15, 0.2) is 5.13 Å². The van der Waals surface area contributed by atoms with Gasteiger partial charge in [-0.15, -0.1) is 11.3 Å². The van der Waals surface area contributed by atoms with Crippen LogP contribution in [0.25, 0.3) is 0 Å². The first-order valence-electron chi connectivity index (χ1n) is 6.19. The average Bonchev–Trinajstić information content (AvgIpc) is 2.85. The topological polar surface area (TPSA) is 62.2 Å². The van der Waals surface area contributed by atoms with Crippen LogP contribution >= 0.6 is 11.3 Å². The number of aromatic carboxylic acids is 1. The van der Waals surface area contributed by atoms with Crippen LogP contribution in [0.4, 0.5) is 5.13 Å². The fourth-order valence-corrected chi connectivity index (χ4v) is 2.56. The third-order valence-corrected chi connectivity index (χ3v) is 3.60. The standard InChI is InChI=1S/C14H16N2O2S/c1-2-15-14-16-12(9-19-14)8-5-10-3-6-11(7-4-10)13(17)18/h3-4,6-7,9H,2,5,8H2,1H3,(H,15,16)(H,17,18). The highest BCUT2D eigenvalue weighted by Crippen LogP contribution is 2.17. The number of rotatable bonds is 6. The molecule has 0 atom stereocenters. The van der Waals surface area contributed by atoms with E-state index in [0.717, 1.165) is 35.8 Å². The van der Waals surface area contributed by atoms with E-state index in [1.54, 1.807) is 23.5 Å². The molecule has 0 aliphatic heterocycles. The molecule has 0 saturated carbocycles. The Hall–Kier alpha value is -1.88. The lowest BCUT2D eigenvalue weighted by atomic mass is 10.1. The minimum absolute atomic E-state index is 0.326. The molecule has 0 amide bonds. The average molecular weight is 276 g/mol. The fourth-order valence-electron chi connectivity index (χ4n) is 1.74. The molecule has 0 aliphatic carbocycles. The molecule has 1 aromatic carbocycles. The van der Waals surface area contributed by atoms with E-state index in [-0.39, 0.29) is 0 Å². The third-order valence-electron chi connectivity index (χ3n) is 2.75. The largest absolute Gasteiger partial charge is 0.478 e. The predicted molar refractivity (Wildman–Crippen MR) is 77.1 cm³/mol. The highest BCUT2D eigenvalue weighted by molar-refractivity contribution is 7.13. The van der Waals surface area contributed by atoms with Crippen molar-refractivity contribution in [3.8, 4) is 0 Å². The Morgan fingerprint density at radius 2 is 2.05 bits per heavy atom. The molecule has 0 spiro atoms. The van der Waals surface area contributed by atoms with Gasteiger partial charge in [0, 0.05) is 11.9 Å². The molecule has 1 aromatic heterocycles. The van der Waals surface area contributed by atoms with Crippen molar-refractivity contribution < 1.29 is 9.90 Å². The number of hydrogen-bond donors (Lipinski definition) is 2. The Morgan fingerprint density at radius 1 is 1.32 bits per heavy atom. The van der Waals surface area contributed by atoms with Crippen LogP contribution in [0.1, 0.15) is 28.5 Å². The summed E-state index contributed by atoms with van der Waals surface area (Å²) < 4.78 is 0. The van der Waals surface area contributed by atoms with Crippen LogP contribution in [0.2, 0.25) is 0 Å². The first-order valence-corrected chi connectivity index (χ1v) is 7.07. The monoisotopic (exact) mass is 276 g/mol. The number of carboxylic acid groups (broad SMARTS) is 1. The number of thiazole rings is 1. The number of anilines is 1. The SMILES string of the molecule is CCNc1nc(CCc2ccc(C(=O)O)cc2)cs1. The first kappa shape index (κ1) is 13.5. The minimum Gasteiger partial charge on any atom is -0.478 e. The second-order valence-corrected chi connectivity index (χ2v) is 5.03. The molecule has 0 aliphatic rings. The zero-order chi connectivity index (χ0) is 13.7. The molecule has 0 radical (unpaired) electrons. The maximum atomic E-state index is 10.7. The van der Waals surface area contributed by atoms with Crippen LogP contribution in [0.3, 0.4) is 0 Å². The summed E-state index contributed by atoms with van der Waals surface area (Å²) in [6.45, 7) is 2.93. The number of aromatic nitrogens is 1. The number of carbonyl (C=O) groups is 1. The molecular weight excluding hydrogens is 260 g/mol. The summed E-state index contributed by atoms with van der Waals surface area (Å²) in [4.78, 5) is 15.2. The van der Waals surface area contributed by atoms with Crippen LogP contribution in [0, 0.1) is 0 Å². The van der Waals surface area contributed by atoms with Crippen molar-refractivity contribution in [1.29, 1.82) is 0 Å². The molecule has 2 N–H and O–H groups in total. The maximum absolute atomic E-state index is 10.7. The number of carboxylic acids is 1. The van der Waals surface area contributed by atoms with E-state index in [4.69, 9.17) is 5.11 Å². The van der Waals surface area contributed by atoms with Gasteiger partial charge in [0.1, 0.15) is 0 Å². The van der Waals surface area contributed by atoms with E-state index >= 15 is 0 Å². The normalized spacial score (nSPS) is 10.4. The van der Waals surface area contributed by atoms with E-state index in [1.807, 2.05) is 19.1 Å². The molecule has 0 bridgehead atoms. The quantitative estimate of drug-likeness (QED) is 0.851. The summed E-state index contributed by atoms with van der Waals surface area (Å²) in [5, 5.41) is 15.0. The molecule has 0 fully saturated rings. The summed E-state index contributed by atoms with van der Waals surface area (Å²) in [7, 11) is 0. The van der Waals surface area contributed by atoms with Crippen molar-refractivity contribution in [1.82, 2.24) is 4.98 Å². The Morgan fingerprint density at radius 3 is 2.68 bits per heavy atom. The van der Waals surface area contributed by atoms with Gasteiger partial charge in [-0.25, -0.2) is 9.78 Å². The number of hydrogen-bond acceptors (Lipinski definition) is 4. The summed E-state index contributed by atoms with van der Waals surface area (Å²) in [6.07, 6.45) is 1.74. The molecule has 2 aromatic rings. The number of nitrogens with zero attached hydrogens (tertiary/aromatic N) is 1. The number of benzene rings is 1. The molecule has 0 unspecified atom stereocenters. The second kappa shape index (κ2) is 6.33. The molecule has 0 saturated heterocycles. The summed E-state index contributed by atoms with van der Waals surface area (Å²) in [5.74, 6) is -0.888. The smallest absolute Gasteiger partial charge is 0.335 e. The van der Waals surface area contributed by atoms with Crippen molar-refractivity contribution in [3.05, 3.63) is 46.5 Å². The molecular formula is C14H16N2O2S. The number of nitrogens with one attached hydrogen (secondary N) is 1. The van der Waals surface area contributed by atoms with Crippen molar-refractivity contribution in [3.63, 3.8) is 0 Å². The van der Waals surface area contributed by atoms with Crippen molar-refractivity contribution in [2.45, 2.75) is 19.8 Å². The Labute approximate surface area is 116 Å². The van der Waals surface area contributed by atoms with E-state index in [1.165, 1.54) is 0 Å². The second-order valence-electron chi connectivity index (χ2n) is 4.18.